The summed E-state index contributed by atoms with van der Waals surface area (Å²) in [5, 5.41) is 3.39. The Labute approximate surface area is 206 Å². The minimum atomic E-state index is -0.512. The summed E-state index contributed by atoms with van der Waals surface area (Å²) in [5.41, 5.74) is -0.0166. The zero-order valence-electron chi connectivity index (χ0n) is 20.6. The number of fused-ring (bicyclic) bond motifs is 2. The number of aryl methyl sites for hydroxylation is 1. The van der Waals surface area contributed by atoms with E-state index < -0.39 is 16.7 Å². The summed E-state index contributed by atoms with van der Waals surface area (Å²) < 4.78 is 2.34. The van der Waals surface area contributed by atoms with Gasteiger partial charge >= 0.3 is 5.69 Å². The number of thioether (sulfide) groups is 1. The Kier molecular flexibility index (Phi) is 6.31. The van der Waals surface area contributed by atoms with Crippen LogP contribution in [0.2, 0.25) is 0 Å². The summed E-state index contributed by atoms with van der Waals surface area (Å²) in [4.78, 5) is 62.1. The van der Waals surface area contributed by atoms with Crippen LogP contribution in [0.1, 0.15) is 39.9 Å². The first-order valence-corrected chi connectivity index (χ1v) is 12.2. The normalized spacial score (nSPS) is 16.1. The highest BCUT2D eigenvalue weighted by atomic mass is 32.2. The molecule has 2 amide bonds. The monoisotopic (exact) mass is 496 g/mol. The van der Waals surface area contributed by atoms with E-state index in [9.17, 15) is 19.2 Å². The van der Waals surface area contributed by atoms with Crippen molar-refractivity contribution in [1.29, 1.82) is 0 Å². The lowest BCUT2D eigenvalue weighted by molar-refractivity contribution is -0.117. The molecule has 4 rings (SSSR count). The minimum absolute atomic E-state index is 0.0193. The molecule has 0 saturated carbocycles. The van der Waals surface area contributed by atoms with Crippen molar-refractivity contribution < 1.29 is 9.59 Å². The molecule has 0 spiro atoms. The van der Waals surface area contributed by atoms with Gasteiger partial charge in [-0.15, -0.1) is 0 Å². The summed E-state index contributed by atoms with van der Waals surface area (Å²) in [6.07, 6.45) is 0.165. The fourth-order valence-corrected chi connectivity index (χ4v) is 4.91. The standard InChI is InChI=1S/C24H28N6O4S/c1-13-11-16(31)25-14-9-7-8-10-15(14)30(13)17(32)12-35-20-18-19(26-22(27-20)24(2,3)4)28(5)23(34)29(6)21(18)33/h7-10,13H,11-12H2,1-6H3,(H,25,31)/t13-/m0/s1. The predicted octanol–water partition coefficient (Wildman–Crippen LogP) is 2.18. The lowest BCUT2D eigenvalue weighted by atomic mass is 9.96. The van der Waals surface area contributed by atoms with E-state index in [0.29, 0.717) is 22.2 Å². The van der Waals surface area contributed by atoms with Gasteiger partial charge in [0.1, 0.15) is 16.2 Å². The number of hydrogen-bond acceptors (Lipinski definition) is 7. The van der Waals surface area contributed by atoms with E-state index in [-0.39, 0.29) is 41.1 Å². The summed E-state index contributed by atoms with van der Waals surface area (Å²) in [6.45, 7) is 7.64. The van der Waals surface area contributed by atoms with E-state index in [2.05, 4.69) is 15.3 Å². The van der Waals surface area contributed by atoms with E-state index in [1.54, 1.807) is 30.1 Å². The highest BCUT2D eigenvalue weighted by molar-refractivity contribution is 8.00. The van der Waals surface area contributed by atoms with Crippen molar-refractivity contribution in [1.82, 2.24) is 19.1 Å². The van der Waals surface area contributed by atoms with E-state index >= 15 is 0 Å². The second kappa shape index (κ2) is 8.95. The van der Waals surface area contributed by atoms with Gasteiger partial charge in [0, 0.05) is 32.0 Å². The van der Waals surface area contributed by atoms with E-state index in [1.807, 2.05) is 33.8 Å². The molecule has 0 fully saturated rings. The highest BCUT2D eigenvalue weighted by Crippen LogP contribution is 2.33. The van der Waals surface area contributed by atoms with Crippen molar-refractivity contribution in [3.05, 3.63) is 50.9 Å². The molecule has 0 unspecified atom stereocenters. The Balaban J connectivity index is 1.78. The Morgan fingerprint density at radius 2 is 1.80 bits per heavy atom. The number of benzene rings is 1. The van der Waals surface area contributed by atoms with Gasteiger partial charge in [-0.2, -0.15) is 0 Å². The largest absolute Gasteiger partial charge is 0.332 e. The van der Waals surface area contributed by atoms with Gasteiger partial charge in [0.05, 0.1) is 17.1 Å². The molecule has 2 aromatic heterocycles. The van der Waals surface area contributed by atoms with Gasteiger partial charge in [0.25, 0.3) is 5.56 Å². The van der Waals surface area contributed by atoms with Crippen LogP contribution >= 0.6 is 11.8 Å². The van der Waals surface area contributed by atoms with Crippen LogP contribution in [0.15, 0.2) is 38.9 Å². The van der Waals surface area contributed by atoms with Crippen LogP contribution < -0.4 is 21.5 Å². The molecule has 0 radical (unpaired) electrons. The molecule has 0 aliphatic carbocycles. The number of para-hydroxylation sites is 2. The zero-order chi connectivity index (χ0) is 25.7. The maximum absolute atomic E-state index is 13.5. The number of amides is 2. The molecule has 35 heavy (non-hydrogen) atoms. The molecule has 1 aliphatic rings. The lowest BCUT2D eigenvalue weighted by Crippen LogP contribution is -2.40. The topological polar surface area (TPSA) is 119 Å². The number of rotatable bonds is 3. The molecule has 1 aromatic carbocycles. The fourth-order valence-electron chi connectivity index (χ4n) is 4.04. The second-order valence-electron chi connectivity index (χ2n) is 9.68. The Morgan fingerprint density at radius 3 is 2.49 bits per heavy atom. The van der Waals surface area contributed by atoms with Crippen LogP contribution in [0.5, 0.6) is 0 Å². The summed E-state index contributed by atoms with van der Waals surface area (Å²) in [5.74, 6) is 0.0618. The molecule has 1 aliphatic heterocycles. The molecule has 10 nitrogen and oxygen atoms in total. The van der Waals surface area contributed by atoms with Crippen LogP contribution in [0.4, 0.5) is 11.4 Å². The Bertz CT molecular complexity index is 1470. The van der Waals surface area contributed by atoms with Crippen molar-refractivity contribution in [2.45, 2.75) is 50.6 Å². The number of carbonyl (C=O) groups excluding carboxylic acids is 2. The van der Waals surface area contributed by atoms with Gasteiger partial charge in [-0.25, -0.2) is 14.8 Å². The van der Waals surface area contributed by atoms with Gasteiger partial charge in [-0.3, -0.25) is 23.5 Å². The molecule has 184 valence electrons. The highest BCUT2D eigenvalue weighted by Gasteiger charge is 2.30. The SMILES string of the molecule is C[C@H]1CC(=O)Nc2ccccc2N1C(=O)CSc1nc(C(C)(C)C)nc2c1c(=O)n(C)c(=O)n2C. The molecule has 0 saturated heterocycles. The lowest BCUT2D eigenvalue weighted by Gasteiger charge is -2.27. The molecule has 3 heterocycles. The first-order chi connectivity index (χ1) is 16.4. The molecule has 0 bridgehead atoms. The summed E-state index contributed by atoms with van der Waals surface area (Å²) >= 11 is 1.13. The first-order valence-electron chi connectivity index (χ1n) is 11.2. The molecular formula is C24H28N6O4S. The number of aromatic nitrogens is 4. The van der Waals surface area contributed by atoms with Crippen molar-refractivity contribution in [2.24, 2.45) is 14.1 Å². The molecule has 1 atom stereocenters. The van der Waals surface area contributed by atoms with Gasteiger partial charge < -0.3 is 10.2 Å². The minimum Gasteiger partial charge on any atom is -0.324 e. The van der Waals surface area contributed by atoms with E-state index in [4.69, 9.17) is 0 Å². The number of nitrogens with zero attached hydrogens (tertiary/aromatic N) is 5. The quantitative estimate of drug-likeness (QED) is 0.436. The van der Waals surface area contributed by atoms with E-state index in [1.165, 1.54) is 11.6 Å². The third kappa shape index (κ3) is 4.47. The van der Waals surface area contributed by atoms with Crippen LogP contribution in [-0.2, 0) is 29.1 Å². The summed E-state index contributed by atoms with van der Waals surface area (Å²) in [6, 6.07) is 6.81. The Hall–Kier alpha value is -3.47. The van der Waals surface area contributed by atoms with Gasteiger partial charge in [0.15, 0.2) is 5.65 Å². The third-order valence-electron chi connectivity index (χ3n) is 5.90. The molecule has 11 heteroatoms. The summed E-state index contributed by atoms with van der Waals surface area (Å²) in [7, 11) is 2.96. The molecular weight excluding hydrogens is 468 g/mol. The predicted molar refractivity (Wildman–Crippen MR) is 136 cm³/mol. The van der Waals surface area contributed by atoms with Crippen molar-refractivity contribution in [3.63, 3.8) is 0 Å². The number of carbonyl (C=O) groups is 2. The second-order valence-corrected chi connectivity index (χ2v) is 10.6. The van der Waals surface area contributed by atoms with Gasteiger partial charge in [-0.05, 0) is 19.1 Å². The number of nitrogens with one attached hydrogen (secondary N) is 1. The Morgan fingerprint density at radius 1 is 1.11 bits per heavy atom. The van der Waals surface area contributed by atoms with Gasteiger partial charge in [-0.1, -0.05) is 44.7 Å². The average molecular weight is 497 g/mol. The number of hydrogen-bond donors (Lipinski definition) is 1. The van der Waals surface area contributed by atoms with E-state index in [0.717, 1.165) is 16.3 Å². The van der Waals surface area contributed by atoms with Crippen molar-refractivity contribution in [2.75, 3.05) is 16.0 Å². The van der Waals surface area contributed by atoms with Crippen molar-refractivity contribution >= 4 is 46.0 Å². The maximum atomic E-state index is 13.5. The molecule has 1 N–H and O–H groups in total. The van der Waals surface area contributed by atoms with Crippen LogP contribution in [0.3, 0.4) is 0 Å². The van der Waals surface area contributed by atoms with Crippen LogP contribution in [0, 0.1) is 0 Å². The van der Waals surface area contributed by atoms with Gasteiger partial charge in [0.2, 0.25) is 11.8 Å². The van der Waals surface area contributed by atoms with Crippen LogP contribution in [-0.4, -0.2) is 42.7 Å². The average Bonchev–Trinajstić information content (AvgIpc) is 2.92. The zero-order valence-corrected chi connectivity index (χ0v) is 21.4. The number of anilines is 2. The third-order valence-corrected chi connectivity index (χ3v) is 6.86. The molecule has 3 aromatic rings. The fraction of sp³-hybridized carbons (Fsp3) is 0.417. The smallest absolute Gasteiger partial charge is 0.324 e. The van der Waals surface area contributed by atoms with Crippen molar-refractivity contribution in [3.8, 4) is 0 Å². The maximum Gasteiger partial charge on any atom is 0.332 e. The first kappa shape index (κ1) is 24.6. The van der Waals surface area contributed by atoms with Crippen LogP contribution in [0.25, 0.3) is 11.0 Å².